The molecule has 0 aliphatic rings. The Balaban J connectivity index is 1.43. The summed E-state index contributed by atoms with van der Waals surface area (Å²) in [6.07, 6.45) is 0. The number of carbonyl (C=O) groups excluding carboxylic acids is 2. The number of nitrogens with one attached hydrogen (secondary N) is 2. The Hall–Kier alpha value is -4.26. The molecular weight excluding hydrogens is 414 g/mol. The van der Waals surface area contributed by atoms with Gasteiger partial charge in [-0.15, -0.1) is 5.10 Å². The molecular formula is C26H25N5O2. The van der Waals surface area contributed by atoms with E-state index in [1.807, 2.05) is 62.4 Å². The number of benzene rings is 3. The first-order valence-electron chi connectivity index (χ1n) is 10.7. The summed E-state index contributed by atoms with van der Waals surface area (Å²) in [5.41, 5.74) is 5.88. The van der Waals surface area contributed by atoms with Crippen molar-refractivity contribution >= 4 is 17.5 Å². The molecule has 2 amide bonds. The van der Waals surface area contributed by atoms with Crippen molar-refractivity contribution in [2.45, 2.75) is 27.3 Å². The number of rotatable bonds is 6. The summed E-state index contributed by atoms with van der Waals surface area (Å²) >= 11 is 0. The molecule has 2 N–H and O–H groups in total. The number of nitrogens with zero attached hydrogens (tertiary/aromatic N) is 3. The van der Waals surface area contributed by atoms with Gasteiger partial charge >= 0.3 is 0 Å². The van der Waals surface area contributed by atoms with Crippen LogP contribution < -0.4 is 10.6 Å². The molecule has 166 valence electrons. The summed E-state index contributed by atoms with van der Waals surface area (Å²) < 4.78 is 0. The lowest BCUT2D eigenvalue weighted by molar-refractivity contribution is 0.0944. The first-order valence-corrected chi connectivity index (χ1v) is 10.7. The SMILES string of the molecule is Cc1ccc(-n2nc(C)c(C(=O)NCc3cccc(C(=O)Nc4ccccc4)c3)n2)c(C)c1. The van der Waals surface area contributed by atoms with Gasteiger partial charge in [0.05, 0.1) is 11.4 Å². The molecule has 0 unspecified atom stereocenters. The van der Waals surface area contributed by atoms with Crippen LogP contribution in [0.5, 0.6) is 0 Å². The summed E-state index contributed by atoms with van der Waals surface area (Å²) in [5, 5.41) is 14.6. The molecule has 7 nitrogen and oxygen atoms in total. The van der Waals surface area contributed by atoms with E-state index >= 15 is 0 Å². The molecule has 4 aromatic rings. The minimum atomic E-state index is -0.317. The molecule has 7 heteroatoms. The van der Waals surface area contributed by atoms with Gasteiger partial charge < -0.3 is 10.6 Å². The zero-order valence-electron chi connectivity index (χ0n) is 18.8. The first kappa shape index (κ1) is 22.0. The van der Waals surface area contributed by atoms with Crippen LogP contribution in [0.2, 0.25) is 0 Å². The summed E-state index contributed by atoms with van der Waals surface area (Å²) in [6.45, 7) is 6.04. The molecule has 0 atom stereocenters. The number of aryl methyl sites for hydroxylation is 3. The van der Waals surface area contributed by atoms with Crippen LogP contribution in [0.4, 0.5) is 5.69 Å². The normalized spacial score (nSPS) is 10.6. The smallest absolute Gasteiger partial charge is 0.274 e. The lowest BCUT2D eigenvalue weighted by atomic mass is 10.1. The van der Waals surface area contributed by atoms with Crippen molar-refractivity contribution in [3.05, 3.63) is 106 Å². The maximum absolute atomic E-state index is 12.8. The van der Waals surface area contributed by atoms with E-state index in [0.717, 1.165) is 28.1 Å². The van der Waals surface area contributed by atoms with Gasteiger partial charge in [0, 0.05) is 17.8 Å². The number of para-hydroxylation sites is 1. The van der Waals surface area contributed by atoms with E-state index in [4.69, 9.17) is 0 Å². The molecule has 0 radical (unpaired) electrons. The van der Waals surface area contributed by atoms with Crippen molar-refractivity contribution in [3.63, 3.8) is 0 Å². The van der Waals surface area contributed by atoms with Gasteiger partial charge in [0.2, 0.25) is 0 Å². The van der Waals surface area contributed by atoms with Crippen molar-refractivity contribution < 1.29 is 9.59 Å². The Morgan fingerprint density at radius 1 is 0.848 bits per heavy atom. The number of aromatic nitrogens is 3. The molecule has 0 bridgehead atoms. The van der Waals surface area contributed by atoms with Crippen molar-refractivity contribution in [2.24, 2.45) is 0 Å². The monoisotopic (exact) mass is 439 g/mol. The standard InChI is InChI=1S/C26H25N5O2/c1-17-12-13-23(18(2)14-17)31-29-19(3)24(30-31)26(33)27-16-20-8-7-9-21(15-20)25(32)28-22-10-5-4-6-11-22/h4-15H,16H2,1-3H3,(H,27,33)(H,28,32). The number of carbonyl (C=O) groups is 2. The third-order valence-electron chi connectivity index (χ3n) is 5.24. The largest absolute Gasteiger partial charge is 0.347 e. The molecule has 0 saturated carbocycles. The lowest BCUT2D eigenvalue weighted by Crippen LogP contribution is -2.24. The number of hydrogen-bond donors (Lipinski definition) is 2. The molecule has 33 heavy (non-hydrogen) atoms. The second-order valence-corrected chi connectivity index (χ2v) is 7.92. The number of anilines is 1. The van der Waals surface area contributed by atoms with Gasteiger partial charge in [0.25, 0.3) is 11.8 Å². The first-order chi connectivity index (χ1) is 15.9. The third kappa shape index (κ3) is 5.15. The van der Waals surface area contributed by atoms with Gasteiger partial charge in [0.1, 0.15) is 0 Å². The van der Waals surface area contributed by atoms with Crippen molar-refractivity contribution in [1.29, 1.82) is 0 Å². The topological polar surface area (TPSA) is 88.9 Å². The number of hydrogen-bond acceptors (Lipinski definition) is 4. The van der Waals surface area contributed by atoms with Crippen LogP contribution in [-0.4, -0.2) is 26.8 Å². The second kappa shape index (κ2) is 9.48. The highest BCUT2D eigenvalue weighted by Crippen LogP contribution is 2.16. The molecule has 0 aliphatic heterocycles. The maximum atomic E-state index is 12.8. The van der Waals surface area contributed by atoms with Gasteiger partial charge in [-0.25, -0.2) is 0 Å². The zero-order chi connectivity index (χ0) is 23.4. The summed E-state index contributed by atoms with van der Waals surface area (Å²) in [4.78, 5) is 26.8. The van der Waals surface area contributed by atoms with Crippen molar-refractivity contribution in [3.8, 4) is 5.69 Å². The molecule has 0 fully saturated rings. The summed E-state index contributed by atoms with van der Waals surface area (Å²) in [5.74, 6) is -0.524. The minimum Gasteiger partial charge on any atom is -0.347 e. The molecule has 0 aliphatic carbocycles. The van der Waals surface area contributed by atoms with E-state index in [0.29, 0.717) is 11.3 Å². The molecule has 1 heterocycles. The third-order valence-corrected chi connectivity index (χ3v) is 5.24. The van der Waals surface area contributed by atoms with E-state index in [9.17, 15) is 9.59 Å². The van der Waals surface area contributed by atoms with Gasteiger partial charge in [-0.1, -0.05) is 48.0 Å². The van der Waals surface area contributed by atoms with Crippen LogP contribution in [0, 0.1) is 20.8 Å². The van der Waals surface area contributed by atoms with Crippen LogP contribution in [0.15, 0.2) is 72.8 Å². The van der Waals surface area contributed by atoms with Crippen LogP contribution in [0.25, 0.3) is 5.69 Å². The van der Waals surface area contributed by atoms with E-state index in [-0.39, 0.29) is 24.1 Å². The zero-order valence-corrected chi connectivity index (χ0v) is 18.8. The summed E-state index contributed by atoms with van der Waals surface area (Å²) in [7, 11) is 0. The minimum absolute atomic E-state index is 0.207. The predicted molar refractivity (Wildman–Crippen MR) is 128 cm³/mol. The van der Waals surface area contributed by atoms with Gasteiger partial charge in [0.15, 0.2) is 5.69 Å². The quantitative estimate of drug-likeness (QED) is 0.467. The molecule has 3 aromatic carbocycles. The highest BCUT2D eigenvalue weighted by atomic mass is 16.2. The van der Waals surface area contributed by atoms with Gasteiger partial charge in [-0.3, -0.25) is 9.59 Å². The van der Waals surface area contributed by atoms with E-state index < -0.39 is 0 Å². The van der Waals surface area contributed by atoms with Crippen molar-refractivity contribution in [1.82, 2.24) is 20.3 Å². The van der Waals surface area contributed by atoms with Gasteiger partial charge in [-0.2, -0.15) is 9.90 Å². The van der Waals surface area contributed by atoms with Crippen molar-refractivity contribution in [2.75, 3.05) is 5.32 Å². The van der Waals surface area contributed by atoms with E-state index in [2.05, 4.69) is 26.9 Å². The summed E-state index contributed by atoms with van der Waals surface area (Å²) in [6, 6.07) is 22.4. The lowest BCUT2D eigenvalue weighted by Gasteiger charge is -2.08. The fourth-order valence-electron chi connectivity index (χ4n) is 3.54. The Kier molecular flexibility index (Phi) is 6.31. The maximum Gasteiger partial charge on any atom is 0.274 e. The highest BCUT2D eigenvalue weighted by molar-refractivity contribution is 6.04. The Morgan fingerprint density at radius 2 is 1.64 bits per heavy atom. The Labute approximate surface area is 192 Å². The molecule has 0 saturated heterocycles. The predicted octanol–water partition coefficient (Wildman–Crippen LogP) is 4.37. The fourth-order valence-corrected chi connectivity index (χ4v) is 3.54. The average Bonchev–Trinajstić information content (AvgIpc) is 3.19. The second-order valence-electron chi connectivity index (χ2n) is 7.92. The number of amides is 2. The Morgan fingerprint density at radius 3 is 2.39 bits per heavy atom. The molecule has 1 aromatic heterocycles. The molecule has 4 rings (SSSR count). The van der Waals surface area contributed by atoms with Crippen LogP contribution in [0.1, 0.15) is 43.2 Å². The van der Waals surface area contributed by atoms with E-state index in [1.54, 1.807) is 25.1 Å². The van der Waals surface area contributed by atoms with E-state index in [1.165, 1.54) is 4.80 Å². The fraction of sp³-hybridized carbons (Fsp3) is 0.154. The Bertz CT molecular complexity index is 1310. The van der Waals surface area contributed by atoms with Crippen LogP contribution in [-0.2, 0) is 6.54 Å². The van der Waals surface area contributed by atoms with Crippen LogP contribution in [0.3, 0.4) is 0 Å². The highest BCUT2D eigenvalue weighted by Gasteiger charge is 2.17. The van der Waals surface area contributed by atoms with Crippen LogP contribution >= 0.6 is 0 Å². The molecule has 0 spiro atoms. The average molecular weight is 440 g/mol. The van der Waals surface area contributed by atoms with Gasteiger partial charge in [-0.05, 0) is 62.2 Å².